The van der Waals surface area contributed by atoms with Gasteiger partial charge in [-0.1, -0.05) is 19.9 Å². The number of aryl methyl sites for hydroxylation is 2. The molecule has 0 saturated heterocycles. The topological polar surface area (TPSA) is 57.6 Å². The van der Waals surface area contributed by atoms with E-state index < -0.39 is 10.0 Å². The Morgan fingerprint density at radius 3 is 2.20 bits per heavy atom. The Morgan fingerprint density at radius 1 is 1.15 bits per heavy atom. The Morgan fingerprint density at radius 2 is 1.75 bits per heavy atom. The number of aliphatic hydroxyl groups is 1. The van der Waals surface area contributed by atoms with E-state index in [4.69, 9.17) is 0 Å². The summed E-state index contributed by atoms with van der Waals surface area (Å²) >= 11 is 0. The van der Waals surface area contributed by atoms with Crippen molar-refractivity contribution in [3.8, 4) is 0 Å². The number of nitrogens with zero attached hydrogens (tertiary/aromatic N) is 1. The van der Waals surface area contributed by atoms with E-state index >= 15 is 0 Å². The molecule has 1 rings (SSSR count). The first-order chi connectivity index (χ1) is 9.38. The molecular formula is C15H25NO3S. The van der Waals surface area contributed by atoms with Crippen LogP contribution in [0.5, 0.6) is 0 Å². The minimum absolute atomic E-state index is 0.0752. The normalized spacial score (nSPS) is 12.3. The molecule has 0 amide bonds. The van der Waals surface area contributed by atoms with Gasteiger partial charge in [-0.3, -0.25) is 0 Å². The third-order valence-corrected chi connectivity index (χ3v) is 5.70. The molecule has 0 radical (unpaired) electrons. The van der Waals surface area contributed by atoms with Gasteiger partial charge in [0.2, 0.25) is 10.0 Å². The molecule has 1 N–H and O–H groups in total. The van der Waals surface area contributed by atoms with E-state index in [1.54, 1.807) is 12.1 Å². The number of rotatable bonds is 7. The second kappa shape index (κ2) is 7.20. The summed E-state index contributed by atoms with van der Waals surface area (Å²) in [4.78, 5) is 0.306. The van der Waals surface area contributed by atoms with Crippen LogP contribution in [0.25, 0.3) is 0 Å². The van der Waals surface area contributed by atoms with Crippen molar-refractivity contribution in [2.45, 2.75) is 51.5 Å². The lowest BCUT2D eigenvalue weighted by Crippen LogP contribution is -2.41. The molecule has 20 heavy (non-hydrogen) atoms. The van der Waals surface area contributed by atoms with Gasteiger partial charge >= 0.3 is 0 Å². The summed E-state index contributed by atoms with van der Waals surface area (Å²) in [5.41, 5.74) is 2.03. The number of hydrogen-bond acceptors (Lipinski definition) is 3. The standard InChI is InChI=1S/C15H25NO3S/c1-5-14(6-2)16(9-10-17)20(18,19)15-8-7-12(3)13(4)11-15/h7-8,11,14,17H,5-6,9-10H2,1-4H3. The van der Waals surface area contributed by atoms with Crippen LogP contribution < -0.4 is 0 Å². The fraction of sp³-hybridized carbons (Fsp3) is 0.600. The van der Waals surface area contributed by atoms with E-state index in [1.165, 1.54) is 4.31 Å². The number of benzene rings is 1. The van der Waals surface area contributed by atoms with Crippen molar-refractivity contribution in [3.05, 3.63) is 29.3 Å². The van der Waals surface area contributed by atoms with Crippen LogP contribution >= 0.6 is 0 Å². The average molecular weight is 299 g/mol. The van der Waals surface area contributed by atoms with Crippen LogP contribution in [0.2, 0.25) is 0 Å². The summed E-state index contributed by atoms with van der Waals surface area (Å²) < 4.78 is 26.9. The van der Waals surface area contributed by atoms with E-state index in [-0.39, 0.29) is 19.2 Å². The van der Waals surface area contributed by atoms with E-state index in [0.717, 1.165) is 24.0 Å². The minimum Gasteiger partial charge on any atom is -0.395 e. The zero-order valence-corrected chi connectivity index (χ0v) is 13.6. The van der Waals surface area contributed by atoms with Crippen LogP contribution in [-0.4, -0.2) is 37.0 Å². The van der Waals surface area contributed by atoms with Gasteiger partial charge in [0, 0.05) is 12.6 Å². The first-order valence-corrected chi connectivity index (χ1v) is 8.52. The zero-order chi connectivity index (χ0) is 15.3. The molecule has 0 aliphatic carbocycles. The molecule has 0 atom stereocenters. The van der Waals surface area contributed by atoms with Crippen molar-refractivity contribution in [1.82, 2.24) is 4.31 Å². The lowest BCUT2D eigenvalue weighted by atomic mass is 10.1. The maximum absolute atomic E-state index is 12.8. The molecule has 0 heterocycles. The Hall–Kier alpha value is -0.910. The van der Waals surface area contributed by atoms with Gasteiger partial charge in [-0.2, -0.15) is 4.31 Å². The number of hydrogen-bond donors (Lipinski definition) is 1. The van der Waals surface area contributed by atoms with Crippen LogP contribution in [0.1, 0.15) is 37.8 Å². The number of sulfonamides is 1. The van der Waals surface area contributed by atoms with Crippen molar-refractivity contribution in [2.75, 3.05) is 13.2 Å². The molecule has 0 bridgehead atoms. The van der Waals surface area contributed by atoms with Gasteiger partial charge in [-0.15, -0.1) is 0 Å². The van der Waals surface area contributed by atoms with Crippen molar-refractivity contribution >= 4 is 10.0 Å². The van der Waals surface area contributed by atoms with Crippen molar-refractivity contribution < 1.29 is 13.5 Å². The second-order valence-corrected chi connectivity index (χ2v) is 6.95. The van der Waals surface area contributed by atoms with E-state index in [9.17, 15) is 13.5 Å². The molecule has 0 aliphatic rings. The van der Waals surface area contributed by atoms with Crippen LogP contribution in [0.3, 0.4) is 0 Å². The Balaban J connectivity index is 3.24. The molecule has 1 aromatic rings. The van der Waals surface area contributed by atoms with Gasteiger partial charge in [0.05, 0.1) is 11.5 Å². The lowest BCUT2D eigenvalue weighted by molar-refractivity contribution is 0.219. The third-order valence-electron chi connectivity index (χ3n) is 3.76. The molecule has 0 fully saturated rings. The predicted molar refractivity (Wildman–Crippen MR) is 81.3 cm³/mol. The van der Waals surface area contributed by atoms with Gasteiger partial charge < -0.3 is 5.11 Å². The van der Waals surface area contributed by atoms with E-state index in [1.807, 2.05) is 33.8 Å². The highest BCUT2D eigenvalue weighted by Gasteiger charge is 2.29. The third kappa shape index (κ3) is 3.59. The minimum atomic E-state index is -3.55. The smallest absolute Gasteiger partial charge is 0.243 e. The summed E-state index contributed by atoms with van der Waals surface area (Å²) in [7, 11) is -3.55. The summed E-state index contributed by atoms with van der Waals surface area (Å²) in [6, 6.07) is 5.10. The first kappa shape index (κ1) is 17.1. The summed E-state index contributed by atoms with van der Waals surface area (Å²) in [6.07, 6.45) is 1.47. The second-order valence-electron chi connectivity index (χ2n) is 5.06. The molecule has 1 aromatic carbocycles. The van der Waals surface area contributed by atoms with Crippen molar-refractivity contribution in [1.29, 1.82) is 0 Å². The molecule has 0 aliphatic heterocycles. The van der Waals surface area contributed by atoms with Gasteiger partial charge in [0.1, 0.15) is 0 Å². The van der Waals surface area contributed by atoms with Crippen LogP contribution in [-0.2, 0) is 10.0 Å². The Kier molecular flexibility index (Phi) is 6.17. The van der Waals surface area contributed by atoms with Gasteiger partial charge in [-0.05, 0) is 49.9 Å². The maximum atomic E-state index is 12.8. The quantitative estimate of drug-likeness (QED) is 0.841. The average Bonchev–Trinajstić information content (AvgIpc) is 2.42. The molecule has 0 aromatic heterocycles. The SMILES string of the molecule is CCC(CC)N(CCO)S(=O)(=O)c1ccc(C)c(C)c1. The van der Waals surface area contributed by atoms with E-state index in [0.29, 0.717) is 4.90 Å². The monoisotopic (exact) mass is 299 g/mol. The van der Waals surface area contributed by atoms with Crippen molar-refractivity contribution in [3.63, 3.8) is 0 Å². The van der Waals surface area contributed by atoms with Crippen molar-refractivity contribution in [2.24, 2.45) is 0 Å². The summed E-state index contributed by atoms with van der Waals surface area (Å²) in [5, 5.41) is 9.18. The summed E-state index contributed by atoms with van der Waals surface area (Å²) in [6.45, 7) is 7.77. The predicted octanol–water partition coefficient (Wildman–Crippen LogP) is 2.48. The highest BCUT2D eigenvalue weighted by Crippen LogP contribution is 2.23. The molecule has 0 spiro atoms. The Bertz CT molecular complexity index is 536. The molecule has 0 unspecified atom stereocenters. The first-order valence-electron chi connectivity index (χ1n) is 7.08. The fourth-order valence-corrected chi connectivity index (χ4v) is 4.15. The molecule has 5 heteroatoms. The molecule has 0 saturated carbocycles. The van der Waals surface area contributed by atoms with Gasteiger partial charge in [0.15, 0.2) is 0 Å². The van der Waals surface area contributed by atoms with Crippen LogP contribution in [0.15, 0.2) is 23.1 Å². The molecule has 4 nitrogen and oxygen atoms in total. The Labute approximate surface area is 122 Å². The number of aliphatic hydroxyl groups excluding tert-OH is 1. The van der Waals surface area contributed by atoms with Gasteiger partial charge in [0.25, 0.3) is 0 Å². The van der Waals surface area contributed by atoms with Crippen LogP contribution in [0.4, 0.5) is 0 Å². The molecular weight excluding hydrogens is 274 g/mol. The lowest BCUT2D eigenvalue weighted by Gasteiger charge is -2.29. The fourth-order valence-electron chi connectivity index (χ4n) is 2.30. The maximum Gasteiger partial charge on any atom is 0.243 e. The van der Waals surface area contributed by atoms with E-state index in [2.05, 4.69) is 0 Å². The summed E-state index contributed by atoms with van der Waals surface area (Å²) in [5.74, 6) is 0. The highest BCUT2D eigenvalue weighted by atomic mass is 32.2. The van der Waals surface area contributed by atoms with Crippen LogP contribution in [0, 0.1) is 13.8 Å². The van der Waals surface area contributed by atoms with Gasteiger partial charge in [-0.25, -0.2) is 8.42 Å². The molecule has 114 valence electrons. The largest absolute Gasteiger partial charge is 0.395 e. The zero-order valence-electron chi connectivity index (χ0n) is 12.8. The highest BCUT2D eigenvalue weighted by molar-refractivity contribution is 7.89.